The first-order valence-corrected chi connectivity index (χ1v) is 5.76. The molecule has 0 spiro atoms. The molecule has 0 saturated heterocycles. The highest BCUT2D eigenvalue weighted by Crippen LogP contribution is 2.18. The number of carbonyl (C=O) groups excluding carboxylic acids is 1. The van der Waals surface area contributed by atoms with Crippen molar-refractivity contribution < 1.29 is 9.32 Å². The second kappa shape index (κ2) is 5.21. The Morgan fingerprint density at radius 2 is 2.17 bits per heavy atom. The van der Waals surface area contributed by atoms with Gasteiger partial charge in [-0.25, -0.2) is 4.79 Å². The number of rotatable bonds is 2. The summed E-state index contributed by atoms with van der Waals surface area (Å²) in [4.78, 5) is 10.9. The first kappa shape index (κ1) is 9.60. The fraction of sp³-hybridized carbons (Fsp3) is 0.250. The van der Waals surface area contributed by atoms with Crippen molar-refractivity contribution in [2.75, 3.05) is 0 Å². The van der Waals surface area contributed by atoms with Crippen molar-refractivity contribution in [2.45, 2.75) is 6.92 Å². The summed E-state index contributed by atoms with van der Waals surface area (Å²) in [7, 11) is -0.102. The Morgan fingerprint density at radius 1 is 1.50 bits per heavy atom. The van der Waals surface area contributed by atoms with Crippen LogP contribution in [0.2, 0.25) is 0 Å². The van der Waals surface area contributed by atoms with Crippen molar-refractivity contribution in [2.24, 2.45) is 0 Å². The number of aromatic nitrogens is 3. The van der Waals surface area contributed by atoms with E-state index < -0.39 is 14.0 Å². The van der Waals surface area contributed by atoms with Crippen LogP contribution < -0.4 is 4.52 Å². The molecule has 1 aromatic rings. The largest absolute Gasteiger partial charge is 0.417 e. The van der Waals surface area contributed by atoms with E-state index in [1.54, 1.807) is 13.0 Å². The topological polar surface area (TPSA) is 65.0 Å². The quantitative estimate of drug-likeness (QED) is 0.711. The molecule has 0 aromatic carbocycles. The fourth-order valence-electron chi connectivity index (χ4n) is 0.423. The van der Waals surface area contributed by atoms with Gasteiger partial charge < -0.3 is 4.52 Å². The second-order valence-electron chi connectivity index (χ2n) is 1.61. The van der Waals surface area contributed by atoms with Crippen molar-refractivity contribution in [3.63, 3.8) is 0 Å². The first-order chi connectivity index (χ1) is 5.83. The number of hydrogen-bond acceptors (Lipinski definition) is 5. The van der Waals surface area contributed by atoms with Gasteiger partial charge in [0.25, 0.3) is 0 Å². The first-order valence-electron chi connectivity index (χ1n) is 2.99. The van der Waals surface area contributed by atoms with E-state index in [1.165, 1.54) is 6.08 Å². The number of allylic oxidation sites excluding steroid dienone is 1. The van der Waals surface area contributed by atoms with Crippen LogP contribution in [0.4, 0.5) is 0 Å². The minimum absolute atomic E-state index is 0.400. The van der Waals surface area contributed by atoms with Gasteiger partial charge in [-0.05, 0) is 11.4 Å². The summed E-state index contributed by atoms with van der Waals surface area (Å²) in [5.41, 5.74) is 0. The van der Waals surface area contributed by atoms with Crippen molar-refractivity contribution >= 4 is 31.1 Å². The van der Waals surface area contributed by atoms with Gasteiger partial charge in [0.1, 0.15) is 0 Å². The monoisotopic (exact) mass is 220 g/mol. The average Bonchev–Trinajstić information content (AvgIpc) is 2.06. The minimum Gasteiger partial charge on any atom is -0.315 e. The molecule has 0 saturated carbocycles. The Kier molecular flexibility index (Phi) is 4.16. The zero-order valence-electron chi connectivity index (χ0n) is 6.15. The lowest BCUT2D eigenvalue weighted by Gasteiger charge is -1.87. The third-order valence-electron chi connectivity index (χ3n) is 0.787. The molecule has 0 amide bonds. The van der Waals surface area contributed by atoms with Crippen LogP contribution in [0, 0.1) is 0 Å². The SMILES string of the molecule is C/C=C/C(=O)O[p+]1npnpn1. The molecular formula is C4H5N3O2P3+. The second-order valence-corrected chi connectivity index (χ2v) is 4.80. The summed E-state index contributed by atoms with van der Waals surface area (Å²) in [6.45, 7) is 1.75. The van der Waals surface area contributed by atoms with Crippen molar-refractivity contribution in [3.05, 3.63) is 12.2 Å². The van der Waals surface area contributed by atoms with E-state index >= 15 is 0 Å². The lowest BCUT2D eigenvalue weighted by Crippen LogP contribution is -2.01. The van der Waals surface area contributed by atoms with Crippen LogP contribution in [0.1, 0.15) is 6.92 Å². The van der Waals surface area contributed by atoms with Crippen molar-refractivity contribution in [3.8, 4) is 0 Å². The smallest absolute Gasteiger partial charge is 0.315 e. The highest BCUT2D eigenvalue weighted by molar-refractivity contribution is 7.50. The Morgan fingerprint density at radius 3 is 2.75 bits per heavy atom. The molecule has 12 heavy (non-hydrogen) atoms. The summed E-state index contributed by atoms with van der Waals surface area (Å²) in [6.07, 6.45) is 2.95. The van der Waals surface area contributed by atoms with Crippen molar-refractivity contribution in [1.82, 2.24) is 13.5 Å². The summed E-state index contributed by atoms with van der Waals surface area (Å²) in [6, 6.07) is 0. The molecule has 0 aliphatic carbocycles. The lowest BCUT2D eigenvalue weighted by atomic mass is 10.5. The maximum absolute atomic E-state index is 10.9. The number of hydrogen-bond donors (Lipinski definition) is 0. The molecule has 0 bridgehead atoms. The molecule has 1 rings (SSSR count). The zero-order valence-corrected chi connectivity index (χ0v) is 8.84. The molecule has 5 nitrogen and oxygen atoms in total. The van der Waals surface area contributed by atoms with Crippen molar-refractivity contribution in [1.29, 1.82) is 0 Å². The van der Waals surface area contributed by atoms with Gasteiger partial charge in [-0.2, -0.15) is 0 Å². The molecule has 1 aromatic heterocycles. The standard InChI is InChI=1S/C4H5N3O2P3/c1-2-3-4(8)9-12-6-10-5-11-7-12/h2-3H,1H3/q+1/b3-2+. The molecule has 0 radical (unpaired) electrons. The van der Waals surface area contributed by atoms with Gasteiger partial charge in [-0.1, -0.05) is 6.08 Å². The zero-order chi connectivity index (χ0) is 8.81. The van der Waals surface area contributed by atoms with E-state index in [1.807, 2.05) is 0 Å². The highest BCUT2D eigenvalue weighted by Gasteiger charge is 2.08. The molecular weight excluding hydrogens is 215 g/mol. The van der Waals surface area contributed by atoms with E-state index in [0.29, 0.717) is 17.0 Å². The molecule has 62 valence electrons. The predicted octanol–water partition coefficient (Wildman–Crippen LogP) is 1.83. The molecule has 0 fully saturated rings. The van der Waals surface area contributed by atoms with E-state index in [9.17, 15) is 4.79 Å². The lowest BCUT2D eigenvalue weighted by molar-refractivity contribution is -0.125. The molecule has 0 aliphatic heterocycles. The predicted molar refractivity (Wildman–Crippen MR) is 48.4 cm³/mol. The fourth-order valence-corrected chi connectivity index (χ4v) is 3.02. The number of carbonyl (C=O) groups is 1. The van der Waals surface area contributed by atoms with Crippen LogP contribution in [-0.4, -0.2) is 19.5 Å². The minimum atomic E-state index is -1.29. The Labute approximate surface area is 73.7 Å². The molecule has 0 aliphatic rings. The van der Waals surface area contributed by atoms with Gasteiger partial charge in [0.05, 0.1) is 0 Å². The average molecular weight is 220 g/mol. The van der Waals surface area contributed by atoms with Crippen LogP contribution in [0.25, 0.3) is 0 Å². The Balaban J connectivity index is 2.59. The normalized spacial score (nSPS) is 12.9. The van der Waals surface area contributed by atoms with E-state index in [2.05, 4.69) is 13.5 Å². The Bertz CT molecular complexity index is 291. The maximum Gasteiger partial charge on any atom is 0.417 e. The molecule has 8 heteroatoms. The van der Waals surface area contributed by atoms with Gasteiger partial charge in [-0.3, -0.25) is 0 Å². The van der Waals surface area contributed by atoms with Gasteiger partial charge in [0, 0.05) is 15.1 Å². The van der Waals surface area contributed by atoms with Gasteiger partial charge >= 0.3 is 31.1 Å². The third-order valence-corrected chi connectivity index (χ3v) is 3.63. The van der Waals surface area contributed by atoms with Gasteiger partial charge in [0.2, 0.25) is 0 Å². The summed E-state index contributed by atoms with van der Waals surface area (Å²) in [5, 5.41) is 0. The Hall–Kier alpha value is -0.490. The maximum atomic E-state index is 10.9. The van der Waals surface area contributed by atoms with Crippen LogP contribution in [0.15, 0.2) is 12.2 Å². The van der Waals surface area contributed by atoms with Crippen LogP contribution in [0.3, 0.4) is 0 Å². The van der Waals surface area contributed by atoms with E-state index in [-0.39, 0.29) is 0 Å². The van der Waals surface area contributed by atoms with Crippen LogP contribution in [0.5, 0.6) is 0 Å². The highest BCUT2D eigenvalue weighted by atomic mass is 31.2. The third kappa shape index (κ3) is 3.27. The number of nitrogens with zero attached hydrogens (tertiary/aromatic N) is 3. The summed E-state index contributed by atoms with van der Waals surface area (Å²) >= 11 is 0. The summed E-state index contributed by atoms with van der Waals surface area (Å²) < 4.78 is 16.4. The van der Waals surface area contributed by atoms with Gasteiger partial charge in [0.15, 0.2) is 0 Å². The molecule has 0 N–H and O–H groups in total. The van der Waals surface area contributed by atoms with Crippen LogP contribution in [-0.2, 0) is 4.79 Å². The molecule has 1 heterocycles. The van der Waals surface area contributed by atoms with E-state index in [4.69, 9.17) is 4.52 Å². The van der Waals surface area contributed by atoms with Gasteiger partial charge in [-0.15, -0.1) is 0 Å². The van der Waals surface area contributed by atoms with E-state index in [0.717, 1.165) is 0 Å². The molecule has 0 atom stereocenters. The molecule has 0 unspecified atom stereocenters. The van der Waals surface area contributed by atoms with Crippen LogP contribution >= 0.6 is 25.1 Å². The summed E-state index contributed by atoms with van der Waals surface area (Å²) in [5.74, 6) is -0.400.